The van der Waals surface area contributed by atoms with Crippen molar-refractivity contribution < 1.29 is 9.90 Å². The van der Waals surface area contributed by atoms with E-state index in [1.165, 1.54) is 5.56 Å². The summed E-state index contributed by atoms with van der Waals surface area (Å²) in [5, 5.41) is 9.81. The molecule has 1 heterocycles. The predicted octanol–water partition coefficient (Wildman–Crippen LogP) is 2.87. The number of pyridine rings is 1. The largest absolute Gasteiger partial charge is 0.481 e. The van der Waals surface area contributed by atoms with Gasteiger partial charge in [-0.05, 0) is 37.6 Å². The summed E-state index contributed by atoms with van der Waals surface area (Å²) in [7, 11) is 0. The van der Waals surface area contributed by atoms with Crippen LogP contribution >= 0.6 is 0 Å². The normalized spacial score (nSPS) is 10.7. The van der Waals surface area contributed by atoms with Crippen LogP contribution in [0.5, 0.6) is 0 Å². The highest BCUT2D eigenvalue weighted by Gasteiger charge is 2.05. The number of carbonyl (C=O) groups is 1. The molecule has 2 rings (SSSR count). The number of carboxylic acid groups (broad SMARTS) is 1. The summed E-state index contributed by atoms with van der Waals surface area (Å²) in [4.78, 5) is 15.0. The molecule has 0 unspecified atom stereocenters. The maximum Gasteiger partial charge on any atom is 0.303 e. The minimum atomic E-state index is -0.784. The Morgan fingerprint density at radius 1 is 1.29 bits per heavy atom. The van der Waals surface area contributed by atoms with Crippen molar-refractivity contribution in [2.24, 2.45) is 0 Å². The molecule has 1 aromatic heterocycles. The molecule has 88 valence electrons. The number of hydrogen-bond donors (Lipinski definition) is 1. The van der Waals surface area contributed by atoms with Gasteiger partial charge in [0.25, 0.3) is 0 Å². The summed E-state index contributed by atoms with van der Waals surface area (Å²) in [6.07, 6.45) is 0.615. The molecule has 0 saturated carbocycles. The minimum absolute atomic E-state index is 0.129. The first kappa shape index (κ1) is 11.6. The van der Waals surface area contributed by atoms with Gasteiger partial charge in [-0.1, -0.05) is 11.6 Å². The molecule has 0 amide bonds. The fraction of sp³-hybridized carbons (Fsp3) is 0.286. The number of hydrogen-bond acceptors (Lipinski definition) is 2. The van der Waals surface area contributed by atoms with Gasteiger partial charge in [-0.15, -0.1) is 0 Å². The highest BCUT2D eigenvalue weighted by Crippen LogP contribution is 2.19. The summed E-state index contributed by atoms with van der Waals surface area (Å²) in [6, 6.07) is 8.10. The summed E-state index contributed by atoms with van der Waals surface area (Å²) in [5.41, 5.74) is 4.15. The van der Waals surface area contributed by atoms with E-state index in [1.807, 2.05) is 25.1 Å². The zero-order valence-corrected chi connectivity index (χ0v) is 10.0. The van der Waals surface area contributed by atoms with Crippen molar-refractivity contribution in [2.75, 3.05) is 0 Å². The lowest BCUT2D eigenvalue weighted by molar-refractivity contribution is -0.136. The van der Waals surface area contributed by atoms with Gasteiger partial charge in [0.2, 0.25) is 0 Å². The van der Waals surface area contributed by atoms with Crippen molar-refractivity contribution in [1.82, 2.24) is 4.98 Å². The summed E-state index contributed by atoms with van der Waals surface area (Å²) in [5.74, 6) is -0.784. The molecule has 0 aliphatic rings. The van der Waals surface area contributed by atoms with Crippen LogP contribution in [0.15, 0.2) is 24.3 Å². The highest BCUT2D eigenvalue weighted by atomic mass is 16.4. The average Bonchev–Trinajstić information content (AvgIpc) is 2.27. The van der Waals surface area contributed by atoms with Crippen molar-refractivity contribution in [1.29, 1.82) is 0 Å². The van der Waals surface area contributed by atoms with Crippen molar-refractivity contribution in [3.05, 3.63) is 41.1 Å². The van der Waals surface area contributed by atoms with Gasteiger partial charge in [-0.25, -0.2) is 0 Å². The Labute approximate surface area is 100 Å². The van der Waals surface area contributed by atoms with Crippen LogP contribution in [0.2, 0.25) is 0 Å². The van der Waals surface area contributed by atoms with Gasteiger partial charge in [0.05, 0.1) is 11.9 Å². The number of aliphatic carboxylic acids is 1. The number of aromatic nitrogens is 1. The van der Waals surface area contributed by atoms with E-state index in [0.29, 0.717) is 6.42 Å². The van der Waals surface area contributed by atoms with E-state index in [1.54, 1.807) is 0 Å². The third kappa shape index (κ3) is 2.61. The molecule has 0 aliphatic heterocycles. The van der Waals surface area contributed by atoms with E-state index < -0.39 is 5.97 Å². The maximum atomic E-state index is 10.5. The first-order valence-electron chi connectivity index (χ1n) is 5.65. The van der Waals surface area contributed by atoms with Crippen LogP contribution < -0.4 is 0 Å². The van der Waals surface area contributed by atoms with E-state index in [4.69, 9.17) is 5.11 Å². The fourth-order valence-electron chi connectivity index (χ4n) is 1.94. The first-order chi connectivity index (χ1) is 8.06. The molecule has 0 aliphatic carbocycles. The zero-order valence-electron chi connectivity index (χ0n) is 10.0. The van der Waals surface area contributed by atoms with Crippen LogP contribution in [0.3, 0.4) is 0 Å². The van der Waals surface area contributed by atoms with Crippen LogP contribution in [-0.4, -0.2) is 16.1 Å². The Kier molecular flexibility index (Phi) is 3.09. The summed E-state index contributed by atoms with van der Waals surface area (Å²) < 4.78 is 0. The fourth-order valence-corrected chi connectivity index (χ4v) is 1.94. The Morgan fingerprint density at radius 2 is 2.06 bits per heavy atom. The Hall–Kier alpha value is -1.90. The van der Waals surface area contributed by atoms with Gasteiger partial charge in [0.15, 0.2) is 0 Å². The number of fused-ring (bicyclic) bond motifs is 1. The Morgan fingerprint density at radius 3 is 2.76 bits per heavy atom. The molecule has 0 saturated heterocycles. The zero-order chi connectivity index (χ0) is 12.4. The van der Waals surface area contributed by atoms with Crippen LogP contribution in [0, 0.1) is 13.8 Å². The monoisotopic (exact) mass is 229 g/mol. The summed E-state index contributed by atoms with van der Waals surface area (Å²) >= 11 is 0. The molecule has 3 nitrogen and oxygen atoms in total. The standard InChI is InChI=1S/C14H15NO2/c1-9-3-5-13-12(7-9)10(2)8-11(15-13)4-6-14(16)17/h3,5,7-8H,4,6H2,1-2H3,(H,16,17). The second-order valence-electron chi connectivity index (χ2n) is 4.34. The van der Waals surface area contributed by atoms with Gasteiger partial charge in [-0.3, -0.25) is 9.78 Å². The SMILES string of the molecule is Cc1ccc2nc(CCC(=O)O)cc(C)c2c1. The maximum absolute atomic E-state index is 10.5. The lowest BCUT2D eigenvalue weighted by atomic mass is 10.1. The van der Waals surface area contributed by atoms with Crippen molar-refractivity contribution >= 4 is 16.9 Å². The molecule has 0 fully saturated rings. The van der Waals surface area contributed by atoms with Gasteiger partial charge in [0.1, 0.15) is 0 Å². The van der Waals surface area contributed by atoms with E-state index in [0.717, 1.165) is 22.2 Å². The van der Waals surface area contributed by atoms with E-state index in [-0.39, 0.29) is 6.42 Å². The molecule has 0 radical (unpaired) electrons. The molecule has 0 spiro atoms. The molecule has 1 N–H and O–H groups in total. The second kappa shape index (κ2) is 4.53. The van der Waals surface area contributed by atoms with Crippen molar-refractivity contribution in [2.45, 2.75) is 26.7 Å². The molecule has 17 heavy (non-hydrogen) atoms. The number of benzene rings is 1. The van der Waals surface area contributed by atoms with Gasteiger partial charge in [0, 0.05) is 17.5 Å². The van der Waals surface area contributed by atoms with E-state index in [9.17, 15) is 4.79 Å². The predicted molar refractivity (Wildman–Crippen MR) is 67.2 cm³/mol. The second-order valence-corrected chi connectivity index (χ2v) is 4.34. The molecule has 0 atom stereocenters. The highest BCUT2D eigenvalue weighted by molar-refractivity contribution is 5.83. The van der Waals surface area contributed by atoms with Gasteiger partial charge in [-0.2, -0.15) is 0 Å². The topological polar surface area (TPSA) is 50.2 Å². The Balaban J connectivity index is 2.41. The number of nitrogens with zero attached hydrogens (tertiary/aromatic N) is 1. The molecule has 0 bridgehead atoms. The number of rotatable bonds is 3. The van der Waals surface area contributed by atoms with Crippen molar-refractivity contribution in [3.63, 3.8) is 0 Å². The van der Waals surface area contributed by atoms with E-state index in [2.05, 4.69) is 18.0 Å². The van der Waals surface area contributed by atoms with Crippen LogP contribution in [-0.2, 0) is 11.2 Å². The van der Waals surface area contributed by atoms with Crippen LogP contribution in [0.4, 0.5) is 0 Å². The molecule has 1 aromatic carbocycles. The lowest BCUT2D eigenvalue weighted by Crippen LogP contribution is -2.00. The summed E-state index contributed by atoms with van der Waals surface area (Å²) in [6.45, 7) is 4.09. The quantitative estimate of drug-likeness (QED) is 0.880. The third-order valence-electron chi connectivity index (χ3n) is 2.82. The van der Waals surface area contributed by atoms with Crippen molar-refractivity contribution in [3.8, 4) is 0 Å². The number of aryl methyl sites for hydroxylation is 3. The first-order valence-corrected chi connectivity index (χ1v) is 5.65. The number of carboxylic acids is 1. The molecule has 2 aromatic rings. The van der Waals surface area contributed by atoms with Crippen LogP contribution in [0.25, 0.3) is 10.9 Å². The molecule has 3 heteroatoms. The molecular formula is C14H15NO2. The Bertz CT molecular complexity index is 576. The van der Waals surface area contributed by atoms with E-state index >= 15 is 0 Å². The van der Waals surface area contributed by atoms with Gasteiger partial charge >= 0.3 is 5.97 Å². The van der Waals surface area contributed by atoms with Gasteiger partial charge < -0.3 is 5.11 Å². The third-order valence-corrected chi connectivity index (χ3v) is 2.82. The van der Waals surface area contributed by atoms with Crippen LogP contribution in [0.1, 0.15) is 23.2 Å². The smallest absolute Gasteiger partial charge is 0.303 e. The lowest BCUT2D eigenvalue weighted by Gasteiger charge is -2.06. The average molecular weight is 229 g/mol. The molecular weight excluding hydrogens is 214 g/mol. The minimum Gasteiger partial charge on any atom is -0.481 e.